The highest BCUT2D eigenvalue weighted by atomic mass is 35.5. The van der Waals surface area contributed by atoms with Crippen LogP contribution in [0.5, 0.6) is 0 Å². The molecule has 30 heavy (non-hydrogen) atoms. The topological polar surface area (TPSA) is 86.8 Å². The molecular weight excluding hydrogens is 398 g/mol. The molecule has 0 saturated heterocycles. The Balaban J connectivity index is 2.04. The zero-order chi connectivity index (χ0) is 21.7. The van der Waals surface area contributed by atoms with Crippen LogP contribution in [0.15, 0.2) is 48.7 Å². The maximum atomic E-state index is 12.1. The molecule has 1 aromatic heterocycles. The first-order chi connectivity index (χ1) is 14.5. The molecule has 0 aliphatic heterocycles. The molecule has 0 radical (unpaired) electrons. The highest BCUT2D eigenvalue weighted by Crippen LogP contribution is 2.29. The van der Waals surface area contributed by atoms with E-state index in [1.165, 1.54) is 0 Å². The summed E-state index contributed by atoms with van der Waals surface area (Å²) >= 11 is 6.06. The molecule has 2 aromatic carbocycles. The molecule has 0 amide bonds. The Kier molecular flexibility index (Phi) is 6.47. The van der Waals surface area contributed by atoms with E-state index in [9.17, 15) is 10.1 Å². The molecule has 3 rings (SSSR count). The molecule has 0 saturated carbocycles. The number of nitriles is 2. The van der Waals surface area contributed by atoms with Crippen molar-refractivity contribution >= 4 is 17.6 Å². The summed E-state index contributed by atoms with van der Waals surface area (Å²) in [4.78, 5) is 16.2. The number of hydrogen-bond donors (Lipinski definition) is 0. The fraction of sp³-hybridized carbons (Fsp3) is 0.167. The Labute approximate surface area is 180 Å². The average Bonchev–Trinajstić information content (AvgIpc) is 2.75. The molecule has 0 N–H and O–H groups in total. The van der Waals surface area contributed by atoms with Gasteiger partial charge in [-0.05, 0) is 54.3 Å². The summed E-state index contributed by atoms with van der Waals surface area (Å²) in [5.74, 6) is -0.528. The van der Waals surface area contributed by atoms with Crippen molar-refractivity contribution in [2.75, 3.05) is 6.61 Å². The van der Waals surface area contributed by atoms with Crippen molar-refractivity contribution in [2.45, 2.75) is 20.3 Å². The molecule has 0 aliphatic rings. The average molecular weight is 416 g/mol. The number of esters is 1. The second kappa shape index (κ2) is 9.22. The van der Waals surface area contributed by atoms with Crippen molar-refractivity contribution in [2.24, 2.45) is 0 Å². The second-order valence-electron chi connectivity index (χ2n) is 6.73. The number of rotatable bonds is 5. The van der Waals surface area contributed by atoms with Crippen LogP contribution in [0.1, 0.15) is 45.1 Å². The van der Waals surface area contributed by atoms with Gasteiger partial charge in [0.1, 0.15) is 11.2 Å². The number of aryl methyl sites for hydroxylation is 1. The summed E-state index contributed by atoms with van der Waals surface area (Å²) in [6.07, 6.45) is 2.00. The van der Waals surface area contributed by atoms with Crippen LogP contribution < -0.4 is 0 Å². The van der Waals surface area contributed by atoms with Crippen molar-refractivity contribution in [3.8, 4) is 23.3 Å². The Morgan fingerprint density at radius 1 is 1.13 bits per heavy atom. The monoisotopic (exact) mass is 415 g/mol. The van der Waals surface area contributed by atoms with Crippen LogP contribution in [0.3, 0.4) is 0 Å². The minimum Gasteiger partial charge on any atom is -0.462 e. The van der Waals surface area contributed by atoms with E-state index in [0.717, 1.165) is 27.8 Å². The molecule has 0 unspecified atom stereocenters. The lowest BCUT2D eigenvalue weighted by Crippen LogP contribution is -2.07. The van der Waals surface area contributed by atoms with E-state index < -0.39 is 5.97 Å². The van der Waals surface area contributed by atoms with Gasteiger partial charge in [-0.2, -0.15) is 10.5 Å². The fourth-order valence-corrected chi connectivity index (χ4v) is 3.43. The van der Waals surface area contributed by atoms with Gasteiger partial charge in [-0.15, -0.1) is 0 Å². The molecule has 0 aliphatic carbocycles. The van der Waals surface area contributed by atoms with Gasteiger partial charge in [0.2, 0.25) is 0 Å². The summed E-state index contributed by atoms with van der Waals surface area (Å²) in [7, 11) is 0. The van der Waals surface area contributed by atoms with Gasteiger partial charge < -0.3 is 4.74 Å². The summed E-state index contributed by atoms with van der Waals surface area (Å²) < 4.78 is 5.04. The number of benzene rings is 2. The van der Waals surface area contributed by atoms with E-state index in [4.69, 9.17) is 21.6 Å². The third-order valence-corrected chi connectivity index (χ3v) is 4.89. The third kappa shape index (κ3) is 4.49. The summed E-state index contributed by atoms with van der Waals surface area (Å²) in [6.45, 7) is 3.92. The normalized spacial score (nSPS) is 10.2. The van der Waals surface area contributed by atoms with Gasteiger partial charge in [0, 0.05) is 12.6 Å². The maximum absolute atomic E-state index is 12.1. The van der Waals surface area contributed by atoms with Crippen LogP contribution in [-0.2, 0) is 11.2 Å². The number of ether oxygens (including phenoxy) is 1. The zero-order valence-corrected chi connectivity index (χ0v) is 17.3. The van der Waals surface area contributed by atoms with Gasteiger partial charge in [-0.25, -0.2) is 9.78 Å². The van der Waals surface area contributed by atoms with Gasteiger partial charge in [-0.1, -0.05) is 41.4 Å². The van der Waals surface area contributed by atoms with Crippen LogP contribution >= 0.6 is 11.6 Å². The third-order valence-electron chi connectivity index (χ3n) is 4.59. The Morgan fingerprint density at radius 3 is 2.50 bits per heavy atom. The molecule has 5 nitrogen and oxygen atoms in total. The Hall–Kier alpha value is -3.67. The predicted molar refractivity (Wildman–Crippen MR) is 114 cm³/mol. The van der Waals surface area contributed by atoms with Gasteiger partial charge in [0.05, 0.1) is 29.4 Å². The van der Waals surface area contributed by atoms with E-state index in [0.29, 0.717) is 17.5 Å². The first-order valence-corrected chi connectivity index (χ1v) is 9.70. The first kappa shape index (κ1) is 21.0. The number of carbonyl (C=O) groups is 1. The summed E-state index contributed by atoms with van der Waals surface area (Å²) in [5, 5.41) is 19.0. The number of aromatic nitrogens is 1. The number of pyridine rings is 1. The minimum absolute atomic E-state index is 0.0835. The number of carbonyl (C=O) groups excluding carboxylic acids is 1. The minimum atomic E-state index is -0.528. The number of nitrogens with zero attached hydrogens (tertiary/aromatic N) is 3. The van der Waals surface area contributed by atoms with Crippen LogP contribution in [0.25, 0.3) is 11.1 Å². The number of halogens is 1. The molecule has 0 fully saturated rings. The molecule has 1 heterocycles. The highest BCUT2D eigenvalue weighted by molar-refractivity contribution is 6.32. The Morgan fingerprint density at radius 2 is 1.87 bits per heavy atom. The molecular formula is C24H18ClN3O2. The molecule has 0 spiro atoms. The molecule has 3 aromatic rings. The van der Waals surface area contributed by atoms with Crippen molar-refractivity contribution in [3.05, 3.63) is 87.2 Å². The molecule has 0 bridgehead atoms. The maximum Gasteiger partial charge on any atom is 0.341 e. The van der Waals surface area contributed by atoms with Crippen molar-refractivity contribution < 1.29 is 9.53 Å². The molecule has 148 valence electrons. The lowest BCUT2D eigenvalue weighted by molar-refractivity contribution is 0.0526. The summed E-state index contributed by atoms with van der Waals surface area (Å²) in [6, 6.07) is 17.1. The lowest BCUT2D eigenvalue weighted by atomic mass is 9.90. The van der Waals surface area contributed by atoms with Gasteiger partial charge in [-0.3, -0.25) is 0 Å². The predicted octanol–water partition coefficient (Wildman–Crippen LogP) is 5.22. The Bertz CT molecular complexity index is 1190. The van der Waals surface area contributed by atoms with Gasteiger partial charge in [0.25, 0.3) is 0 Å². The summed E-state index contributed by atoms with van der Waals surface area (Å²) in [5.41, 5.74) is 5.51. The quantitative estimate of drug-likeness (QED) is 0.421. The van der Waals surface area contributed by atoms with Crippen LogP contribution in [0, 0.1) is 29.6 Å². The van der Waals surface area contributed by atoms with E-state index in [-0.39, 0.29) is 17.3 Å². The first-order valence-electron chi connectivity index (χ1n) is 9.32. The van der Waals surface area contributed by atoms with E-state index in [1.807, 2.05) is 31.2 Å². The highest BCUT2D eigenvalue weighted by Gasteiger charge is 2.16. The number of hydrogen-bond acceptors (Lipinski definition) is 5. The van der Waals surface area contributed by atoms with Crippen LogP contribution in [-0.4, -0.2) is 17.6 Å². The van der Waals surface area contributed by atoms with E-state index in [1.54, 1.807) is 31.3 Å². The van der Waals surface area contributed by atoms with E-state index in [2.05, 4.69) is 17.1 Å². The zero-order valence-electron chi connectivity index (χ0n) is 16.6. The SMILES string of the molecule is CCOC(=O)c1cc(Cc2cc(C)cc(-c3ccc(C#N)cc3)c2C#N)cnc1Cl. The smallest absolute Gasteiger partial charge is 0.341 e. The standard InChI is InChI=1S/C24H18ClN3O2/c1-3-30-24(29)21-11-17(14-28-23(21)25)10-19-8-15(2)9-20(22(19)13-27)18-6-4-16(12-26)5-7-18/h4-9,11,14H,3,10H2,1-2H3. The van der Waals surface area contributed by atoms with E-state index >= 15 is 0 Å². The lowest BCUT2D eigenvalue weighted by Gasteiger charge is -2.13. The molecule has 6 heteroatoms. The largest absolute Gasteiger partial charge is 0.462 e. The van der Waals surface area contributed by atoms with Gasteiger partial charge in [0.15, 0.2) is 0 Å². The van der Waals surface area contributed by atoms with Crippen molar-refractivity contribution in [1.29, 1.82) is 10.5 Å². The van der Waals surface area contributed by atoms with Crippen molar-refractivity contribution in [1.82, 2.24) is 4.98 Å². The fourth-order valence-electron chi connectivity index (χ4n) is 3.24. The van der Waals surface area contributed by atoms with Crippen LogP contribution in [0.2, 0.25) is 5.15 Å². The van der Waals surface area contributed by atoms with Crippen molar-refractivity contribution in [3.63, 3.8) is 0 Å². The van der Waals surface area contributed by atoms with Gasteiger partial charge >= 0.3 is 5.97 Å². The molecule has 0 atom stereocenters. The second-order valence-corrected chi connectivity index (χ2v) is 7.08. The van der Waals surface area contributed by atoms with Crippen LogP contribution in [0.4, 0.5) is 0 Å².